The fourth-order valence-electron chi connectivity index (χ4n) is 2.16. The summed E-state index contributed by atoms with van der Waals surface area (Å²) in [4.78, 5) is 44.8. The minimum atomic E-state index is -1.08. The van der Waals surface area contributed by atoms with E-state index >= 15 is 0 Å². The van der Waals surface area contributed by atoms with Crippen molar-refractivity contribution in [1.29, 1.82) is 0 Å². The van der Waals surface area contributed by atoms with E-state index in [4.69, 9.17) is 23.7 Å². The maximum atomic E-state index is 11.3. The predicted molar refractivity (Wildman–Crippen MR) is 73.0 cm³/mol. The second-order valence-corrected chi connectivity index (χ2v) is 4.97. The molecule has 130 valence electrons. The van der Waals surface area contributed by atoms with Gasteiger partial charge in [0.1, 0.15) is 12.7 Å². The maximum Gasteiger partial charge on any atom is 0.303 e. The third kappa shape index (κ3) is 6.23. The Labute approximate surface area is 133 Å². The van der Waals surface area contributed by atoms with E-state index < -0.39 is 48.3 Å². The number of esters is 4. The second-order valence-electron chi connectivity index (χ2n) is 4.97. The SMILES string of the molecule is CC(=O)OCC1OC[C@@H](OC(C)=O)[C@H](OC(C)=O)C1OC(C)=O. The van der Waals surface area contributed by atoms with Gasteiger partial charge < -0.3 is 23.7 Å². The smallest absolute Gasteiger partial charge is 0.303 e. The van der Waals surface area contributed by atoms with Crippen LogP contribution >= 0.6 is 0 Å². The molecule has 9 heteroatoms. The van der Waals surface area contributed by atoms with Crippen LogP contribution in [0.3, 0.4) is 0 Å². The lowest BCUT2D eigenvalue weighted by molar-refractivity contribution is -0.231. The van der Waals surface area contributed by atoms with Crippen molar-refractivity contribution in [3.05, 3.63) is 0 Å². The van der Waals surface area contributed by atoms with Gasteiger partial charge in [0.05, 0.1) is 6.61 Å². The minimum absolute atomic E-state index is 0.0960. The van der Waals surface area contributed by atoms with Crippen molar-refractivity contribution in [3.63, 3.8) is 0 Å². The van der Waals surface area contributed by atoms with Gasteiger partial charge in [0.25, 0.3) is 0 Å². The molecule has 2 unspecified atom stereocenters. The summed E-state index contributed by atoms with van der Waals surface area (Å²) in [6, 6.07) is 0. The number of ether oxygens (including phenoxy) is 5. The summed E-state index contributed by atoms with van der Waals surface area (Å²) in [6.45, 7) is 4.46. The van der Waals surface area contributed by atoms with Gasteiger partial charge in [-0.1, -0.05) is 0 Å². The van der Waals surface area contributed by atoms with Gasteiger partial charge in [-0.2, -0.15) is 0 Å². The topological polar surface area (TPSA) is 114 Å². The Morgan fingerprint density at radius 2 is 1.35 bits per heavy atom. The van der Waals surface area contributed by atoms with Crippen LogP contribution in [0.4, 0.5) is 0 Å². The van der Waals surface area contributed by atoms with Gasteiger partial charge in [0.2, 0.25) is 0 Å². The second kappa shape index (κ2) is 8.47. The molecule has 0 bridgehead atoms. The molecule has 1 aliphatic rings. The molecular weight excluding hydrogens is 312 g/mol. The van der Waals surface area contributed by atoms with Crippen molar-refractivity contribution in [1.82, 2.24) is 0 Å². The summed E-state index contributed by atoms with van der Waals surface area (Å²) in [5.74, 6) is -2.43. The van der Waals surface area contributed by atoms with Gasteiger partial charge in [-0.05, 0) is 0 Å². The number of carbonyl (C=O) groups excluding carboxylic acids is 4. The third-order valence-corrected chi connectivity index (χ3v) is 2.90. The molecule has 1 heterocycles. The highest BCUT2D eigenvalue weighted by Gasteiger charge is 2.47. The van der Waals surface area contributed by atoms with Gasteiger partial charge in [0.15, 0.2) is 18.3 Å². The van der Waals surface area contributed by atoms with Crippen LogP contribution in [0.5, 0.6) is 0 Å². The average molecular weight is 332 g/mol. The van der Waals surface area contributed by atoms with Gasteiger partial charge in [-0.25, -0.2) is 0 Å². The molecule has 9 nitrogen and oxygen atoms in total. The van der Waals surface area contributed by atoms with Crippen molar-refractivity contribution in [3.8, 4) is 0 Å². The lowest BCUT2D eigenvalue weighted by Crippen LogP contribution is -2.58. The van der Waals surface area contributed by atoms with E-state index in [1.165, 1.54) is 27.7 Å². The fraction of sp³-hybridized carbons (Fsp3) is 0.714. The molecule has 0 N–H and O–H groups in total. The molecule has 0 aromatic heterocycles. The summed E-state index contributed by atoms with van der Waals surface area (Å²) in [5.41, 5.74) is 0. The van der Waals surface area contributed by atoms with Crippen LogP contribution in [0.25, 0.3) is 0 Å². The molecule has 0 radical (unpaired) electrons. The largest absolute Gasteiger partial charge is 0.463 e. The Morgan fingerprint density at radius 3 is 1.83 bits per heavy atom. The molecule has 1 fully saturated rings. The molecule has 0 spiro atoms. The van der Waals surface area contributed by atoms with E-state index in [9.17, 15) is 19.2 Å². The van der Waals surface area contributed by atoms with Crippen LogP contribution < -0.4 is 0 Å². The van der Waals surface area contributed by atoms with Crippen LogP contribution in [-0.4, -0.2) is 61.5 Å². The van der Waals surface area contributed by atoms with Gasteiger partial charge in [-0.3, -0.25) is 19.2 Å². The first-order chi connectivity index (χ1) is 10.7. The lowest BCUT2D eigenvalue weighted by Gasteiger charge is -2.40. The highest BCUT2D eigenvalue weighted by Crippen LogP contribution is 2.24. The minimum Gasteiger partial charge on any atom is -0.463 e. The van der Waals surface area contributed by atoms with Crippen LogP contribution in [0.1, 0.15) is 27.7 Å². The van der Waals surface area contributed by atoms with E-state index in [2.05, 4.69) is 0 Å². The summed E-state index contributed by atoms with van der Waals surface area (Å²) in [5, 5.41) is 0. The van der Waals surface area contributed by atoms with Gasteiger partial charge in [0, 0.05) is 27.7 Å². The van der Waals surface area contributed by atoms with Crippen molar-refractivity contribution < 1.29 is 42.9 Å². The highest BCUT2D eigenvalue weighted by atomic mass is 16.7. The molecule has 0 aromatic rings. The number of hydrogen-bond acceptors (Lipinski definition) is 9. The molecule has 1 aliphatic heterocycles. The molecule has 23 heavy (non-hydrogen) atoms. The van der Waals surface area contributed by atoms with E-state index in [-0.39, 0.29) is 13.2 Å². The zero-order valence-electron chi connectivity index (χ0n) is 13.4. The highest BCUT2D eigenvalue weighted by molar-refractivity contribution is 5.68. The number of hydrogen-bond donors (Lipinski definition) is 0. The molecule has 0 aliphatic carbocycles. The molecule has 0 aromatic carbocycles. The summed E-state index contributed by atoms with van der Waals surface area (Å²) >= 11 is 0. The van der Waals surface area contributed by atoms with Crippen LogP contribution in [0.15, 0.2) is 0 Å². The summed E-state index contributed by atoms with van der Waals surface area (Å²) in [7, 11) is 0. The first-order valence-corrected chi connectivity index (χ1v) is 6.97. The molecule has 1 saturated heterocycles. The number of carbonyl (C=O) groups is 4. The van der Waals surface area contributed by atoms with E-state index in [0.717, 1.165) is 0 Å². The van der Waals surface area contributed by atoms with Gasteiger partial charge >= 0.3 is 23.9 Å². The summed E-state index contributed by atoms with van der Waals surface area (Å²) < 4.78 is 25.6. The maximum absolute atomic E-state index is 11.3. The quantitative estimate of drug-likeness (QED) is 0.496. The molecule has 4 atom stereocenters. The first-order valence-electron chi connectivity index (χ1n) is 6.97. The molecule has 0 amide bonds. The molecule has 0 saturated carbocycles. The Bertz CT molecular complexity index is 473. The average Bonchev–Trinajstić information content (AvgIpc) is 2.39. The van der Waals surface area contributed by atoms with E-state index in [1.807, 2.05) is 0 Å². The Morgan fingerprint density at radius 1 is 0.826 bits per heavy atom. The van der Waals surface area contributed by atoms with Gasteiger partial charge in [-0.15, -0.1) is 0 Å². The van der Waals surface area contributed by atoms with Crippen LogP contribution in [-0.2, 0) is 42.9 Å². The van der Waals surface area contributed by atoms with Crippen LogP contribution in [0.2, 0.25) is 0 Å². The number of rotatable bonds is 5. The zero-order valence-corrected chi connectivity index (χ0v) is 13.4. The van der Waals surface area contributed by atoms with Crippen molar-refractivity contribution in [2.45, 2.75) is 52.1 Å². The van der Waals surface area contributed by atoms with Crippen molar-refractivity contribution in [2.75, 3.05) is 13.2 Å². The van der Waals surface area contributed by atoms with Crippen LogP contribution in [0, 0.1) is 0 Å². The van der Waals surface area contributed by atoms with Crippen molar-refractivity contribution >= 4 is 23.9 Å². The molecular formula is C14H20O9. The Balaban J connectivity index is 2.98. The van der Waals surface area contributed by atoms with Crippen molar-refractivity contribution in [2.24, 2.45) is 0 Å². The standard InChI is InChI=1S/C14H20O9/c1-7(15)19-5-11-13(22-9(3)17)14(23-10(4)18)12(6-20-11)21-8(2)16/h11-14H,5-6H2,1-4H3/t11?,12-,13?,14+/m1/s1. The normalized spacial score (nSPS) is 26.8. The van der Waals surface area contributed by atoms with E-state index in [0.29, 0.717) is 0 Å². The lowest BCUT2D eigenvalue weighted by atomic mass is 9.99. The monoisotopic (exact) mass is 332 g/mol. The summed E-state index contributed by atoms with van der Waals surface area (Å²) in [6.07, 6.45) is -3.92. The first kappa shape index (κ1) is 18.9. The predicted octanol–water partition coefficient (Wildman–Crippen LogP) is -0.257. The van der Waals surface area contributed by atoms with E-state index in [1.54, 1.807) is 0 Å². The fourth-order valence-corrected chi connectivity index (χ4v) is 2.16. The Kier molecular flexibility index (Phi) is 6.95. The Hall–Kier alpha value is -2.16. The molecule has 1 rings (SSSR count). The zero-order chi connectivity index (χ0) is 17.6. The third-order valence-electron chi connectivity index (χ3n) is 2.90.